The Hall–Kier alpha value is -0.220. The van der Waals surface area contributed by atoms with E-state index in [-0.39, 0.29) is 11.5 Å². The van der Waals surface area contributed by atoms with Gasteiger partial charge in [-0.05, 0) is 38.9 Å². The molecule has 0 aromatic rings. The van der Waals surface area contributed by atoms with Crippen molar-refractivity contribution in [3.8, 4) is 0 Å². The van der Waals surface area contributed by atoms with E-state index in [9.17, 15) is 16.8 Å². The van der Waals surface area contributed by atoms with Gasteiger partial charge in [0.25, 0.3) is 20.2 Å². The van der Waals surface area contributed by atoms with Crippen LogP contribution >= 0.6 is 0 Å². The molecule has 0 unspecified atom stereocenters. The van der Waals surface area contributed by atoms with Gasteiger partial charge in [-0.3, -0.25) is 9.11 Å². The normalized spacial score (nSPS) is 12.6. The molecule has 9 heteroatoms. The Bertz CT molecular complexity index is 569. The quantitative estimate of drug-likeness (QED) is 0.149. The predicted octanol–water partition coefficient (Wildman–Crippen LogP) is 5.33. The summed E-state index contributed by atoms with van der Waals surface area (Å²) in [6.45, 7) is 4.00. The molecule has 0 saturated carbocycles. The minimum absolute atomic E-state index is 0.291. The highest BCUT2D eigenvalue weighted by atomic mass is 32.2. The molecule has 0 aliphatic carbocycles. The predicted molar refractivity (Wildman–Crippen MR) is 129 cm³/mol. The maximum absolute atomic E-state index is 10.9. The van der Waals surface area contributed by atoms with E-state index < -0.39 is 20.2 Å². The van der Waals surface area contributed by atoms with Crippen molar-refractivity contribution in [3.05, 3.63) is 0 Å². The molecule has 0 atom stereocenters. The molecule has 0 radical (unpaired) electrons. The molecule has 7 nitrogen and oxygen atoms in total. The number of nitrogens with zero attached hydrogens (tertiary/aromatic N) is 1. The van der Waals surface area contributed by atoms with Crippen LogP contribution in [0.3, 0.4) is 0 Å². The molecule has 0 aliphatic heterocycles. The summed E-state index contributed by atoms with van der Waals surface area (Å²) in [5, 5.41) is 0. The maximum Gasteiger partial charge on any atom is 0.264 e. The van der Waals surface area contributed by atoms with Crippen molar-refractivity contribution in [1.29, 1.82) is 0 Å². The number of unbranched alkanes of at least 4 members (excludes halogenated alkanes) is 13. The second-order valence-electron chi connectivity index (χ2n) is 8.72. The molecule has 0 rings (SSSR count). The Morgan fingerprint density at radius 3 is 1.10 bits per heavy atom. The van der Waals surface area contributed by atoms with Crippen molar-refractivity contribution in [2.75, 3.05) is 31.1 Å². The molecule has 188 valence electrons. The third-order valence-electron chi connectivity index (χ3n) is 5.58. The second kappa shape index (κ2) is 19.3. The lowest BCUT2D eigenvalue weighted by Crippen LogP contribution is -2.29. The average Bonchev–Trinajstić information content (AvgIpc) is 2.66. The molecule has 0 spiro atoms. The fourth-order valence-electron chi connectivity index (χ4n) is 3.81. The Labute approximate surface area is 191 Å². The first-order valence-electron chi connectivity index (χ1n) is 12.3. The third kappa shape index (κ3) is 25.9. The van der Waals surface area contributed by atoms with Crippen LogP contribution in [0.15, 0.2) is 0 Å². The summed E-state index contributed by atoms with van der Waals surface area (Å²) >= 11 is 0. The molecule has 0 aromatic heterocycles. The van der Waals surface area contributed by atoms with E-state index in [4.69, 9.17) is 9.11 Å². The summed E-state index contributed by atoms with van der Waals surface area (Å²) in [6, 6.07) is 0. The van der Waals surface area contributed by atoms with Crippen LogP contribution in [0.25, 0.3) is 0 Å². The van der Waals surface area contributed by atoms with Gasteiger partial charge < -0.3 is 4.90 Å². The molecule has 2 N–H and O–H groups in total. The van der Waals surface area contributed by atoms with Crippen LogP contribution in [-0.2, 0) is 20.2 Å². The summed E-state index contributed by atoms with van der Waals surface area (Å²) < 4.78 is 61.2. The topological polar surface area (TPSA) is 112 Å². The van der Waals surface area contributed by atoms with E-state index in [1.54, 1.807) is 0 Å². The van der Waals surface area contributed by atoms with Crippen LogP contribution < -0.4 is 0 Å². The molecule has 31 heavy (non-hydrogen) atoms. The van der Waals surface area contributed by atoms with E-state index in [1.807, 2.05) is 4.90 Å². The molecule has 0 aromatic carbocycles. The van der Waals surface area contributed by atoms with Gasteiger partial charge in [0, 0.05) is 0 Å². The van der Waals surface area contributed by atoms with E-state index in [0.717, 1.165) is 19.4 Å². The van der Waals surface area contributed by atoms with E-state index >= 15 is 0 Å². The third-order valence-corrected chi connectivity index (χ3v) is 7.19. The van der Waals surface area contributed by atoms with Crippen LogP contribution in [0.2, 0.25) is 0 Å². The Morgan fingerprint density at radius 2 is 0.774 bits per heavy atom. The minimum atomic E-state index is -3.98. The zero-order chi connectivity index (χ0) is 23.4. The summed E-state index contributed by atoms with van der Waals surface area (Å²) in [4.78, 5) is 2.02. The van der Waals surface area contributed by atoms with Gasteiger partial charge in [-0.25, -0.2) is 0 Å². The summed E-state index contributed by atoms with van der Waals surface area (Å²) in [7, 11) is -7.95. The van der Waals surface area contributed by atoms with Crippen molar-refractivity contribution in [2.45, 2.75) is 110 Å². The van der Waals surface area contributed by atoms with Gasteiger partial charge in [0.05, 0.1) is 11.5 Å². The van der Waals surface area contributed by atoms with Crippen molar-refractivity contribution in [1.82, 2.24) is 4.90 Å². The van der Waals surface area contributed by atoms with Gasteiger partial charge in [0.1, 0.15) is 0 Å². The number of hydrogen-bond acceptors (Lipinski definition) is 5. The second-order valence-corrected chi connectivity index (χ2v) is 11.9. The highest BCUT2D eigenvalue weighted by molar-refractivity contribution is 7.86. The zero-order valence-corrected chi connectivity index (χ0v) is 21.3. The first-order chi connectivity index (χ1) is 14.6. The molecule has 0 heterocycles. The van der Waals surface area contributed by atoms with Crippen LogP contribution in [0.4, 0.5) is 0 Å². The van der Waals surface area contributed by atoms with Crippen molar-refractivity contribution < 1.29 is 25.9 Å². The van der Waals surface area contributed by atoms with Crippen LogP contribution in [-0.4, -0.2) is 62.0 Å². The Morgan fingerprint density at radius 1 is 0.484 bits per heavy atom. The Kier molecular flexibility index (Phi) is 19.1. The van der Waals surface area contributed by atoms with Crippen LogP contribution in [0, 0.1) is 0 Å². The van der Waals surface area contributed by atoms with E-state index in [1.165, 1.54) is 77.0 Å². The zero-order valence-electron chi connectivity index (χ0n) is 19.6. The van der Waals surface area contributed by atoms with Gasteiger partial charge >= 0.3 is 0 Å². The summed E-state index contributed by atoms with van der Waals surface area (Å²) in [5.74, 6) is -0.582. The molecular weight excluding hydrogens is 438 g/mol. The van der Waals surface area contributed by atoms with E-state index in [2.05, 4.69) is 6.92 Å². The lowest BCUT2D eigenvalue weighted by atomic mass is 10.0. The van der Waals surface area contributed by atoms with Gasteiger partial charge in [0.2, 0.25) is 0 Å². The minimum Gasteiger partial charge on any atom is -0.303 e. The first-order valence-corrected chi connectivity index (χ1v) is 15.5. The largest absolute Gasteiger partial charge is 0.303 e. The summed E-state index contributed by atoms with van der Waals surface area (Å²) in [6.07, 6.45) is 18.6. The molecule has 0 fully saturated rings. The number of rotatable bonds is 23. The molecule has 0 amide bonds. The smallest absolute Gasteiger partial charge is 0.264 e. The Balaban J connectivity index is 3.77. The molecule has 0 bridgehead atoms. The monoisotopic (exact) mass is 485 g/mol. The van der Waals surface area contributed by atoms with Gasteiger partial charge in [-0.2, -0.15) is 16.8 Å². The van der Waals surface area contributed by atoms with Crippen LogP contribution in [0.1, 0.15) is 110 Å². The maximum atomic E-state index is 10.9. The van der Waals surface area contributed by atoms with Crippen LogP contribution in [0.5, 0.6) is 0 Å². The molecule has 0 aliphatic rings. The lowest BCUT2D eigenvalue weighted by molar-refractivity contribution is 0.267. The summed E-state index contributed by atoms with van der Waals surface area (Å²) in [5.41, 5.74) is 0. The number of hydrogen-bond donors (Lipinski definition) is 2. The first kappa shape index (κ1) is 30.8. The van der Waals surface area contributed by atoms with Crippen molar-refractivity contribution in [3.63, 3.8) is 0 Å². The molecular formula is C22H47NO6S2. The molecule has 0 saturated heterocycles. The van der Waals surface area contributed by atoms with Crippen molar-refractivity contribution >= 4 is 20.2 Å². The lowest BCUT2D eigenvalue weighted by Gasteiger charge is -2.21. The fourth-order valence-corrected chi connectivity index (χ4v) is 4.79. The van der Waals surface area contributed by atoms with Gasteiger partial charge in [-0.1, -0.05) is 90.4 Å². The van der Waals surface area contributed by atoms with Crippen molar-refractivity contribution in [2.24, 2.45) is 0 Å². The van der Waals surface area contributed by atoms with E-state index in [0.29, 0.717) is 25.9 Å². The fraction of sp³-hybridized carbons (Fsp3) is 1.00. The standard InChI is InChI=1S/C22H47NO6S2/c1-2-3-4-5-6-7-8-9-10-11-12-13-14-15-18-23(19-16-21-30(24,25)26)20-17-22-31(27,28)29/h2-22H2,1H3,(H,24,25,26)(H,27,28,29). The highest BCUT2D eigenvalue weighted by Crippen LogP contribution is 2.13. The highest BCUT2D eigenvalue weighted by Gasteiger charge is 2.11. The van der Waals surface area contributed by atoms with Gasteiger partial charge in [0.15, 0.2) is 0 Å². The SMILES string of the molecule is CCCCCCCCCCCCCCCCN(CCCS(=O)(=O)O)CCCS(=O)(=O)O. The average molecular weight is 486 g/mol. The van der Waals surface area contributed by atoms with Gasteiger partial charge in [-0.15, -0.1) is 0 Å².